The van der Waals surface area contributed by atoms with Crippen LogP contribution in [0.15, 0.2) is 17.5 Å². The van der Waals surface area contributed by atoms with E-state index in [0.29, 0.717) is 0 Å². The molecule has 0 saturated carbocycles. The van der Waals surface area contributed by atoms with Crippen molar-refractivity contribution < 1.29 is 9.90 Å². The first kappa shape index (κ1) is 13.3. The van der Waals surface area contributed by atoms with Gasteiger partial charge < -0.3 is 10.0 Å². The summed E-state index contributed by atoms with van der Waals surface area (Å²) in [4.78, 5) is 16.5. The van der Waals surface area contributed by atoms with Crippen LogP contribution in [0, 0.1) is 0 Å². The van der Waals surface area contributed by atoms with Gasteiger partial charge in [-0.1, -0.05) is 0 Å². The first-order chi connectivity index (χ1) is 8.65. The van der Waals surface area contributed by atoms with Gasteiger partial charge in [-0.3, -0.25) is 4.90 Å². The number of carboxylic acids is 1. The molecule has 0 amide bonds. The van der Waals surface area contributed by atoms with Gasteiger partial charge in [-0.25, -0.2) is 4.79 Å². The van der Waals surface area contributed by atoms with E-state index in [-0.39, 0.29) is 0 Å². The molecule has 0 atom stereocenters. The van der Waals surface area contributed by atoms with Crippen molar-refractivity contribution in [3.8, 4) is 0 Å². The number of hydrogen-bond donors (Lipinski definition) is 1. The highest BCUT2D eigenvalue weighted by Gasteiger charge is 2.15. The monoisotopic (exact) mass is 266 g/mol. The van der Waals surface area contributed by atoms with Crippen LogP contribution in [0.2, 0.25) is 0 Å². The number of piperazine rings is 1. The van der Waals surface area contributed by atoms with Crippen LogP contribution in [0.4, 0.5) is 0 Å². The lowest BCUT2D eigenvalue weighted by molar-refractivity contribution is -0.131. The van der Waals surface area contributed by atoms with Crippen molar-refractivity contribution in [1.82, 2.24) is 9.80 Å². The molecule has 1 fully saturated rings. The van der Waals surface area contributed by atoms with E-state index < -0.39 is 5.97 Å². The second-order valence-corrected chi connectivity index (χ2v) is 5.55. The maximum atomic E-state index is 10.5. The second kappa shape index (κ2) is 6.13. The summed E-state index contributed by atoms with van der Waals surface area (Å²) in [7, 11) is 2.14. The largest absolute Gasteiger partial charge is 0.478 e. The summed E-state index contributed by atoms with van der Waals surface area (Å²) in [5.74, 6) is -0.897. The summed E-state index contributed by atoms with van der Waals surface area (Å²) in [6, 6.07) is 1.98. The van der Waals surface area contributed by atoms with E-state index >= 15 is 0 Å². The molecule has 0 aliphatic carbocycles. The Bertz CT molecular complexity index is 434. The molecule has 1 N–H and O–H groups in total. The Hall–Kier alpha value is -1.17. The number of carbonyl (C=O) groups is 1. The van der Waals surface area contributed by atoms with Gasteiger partial charge in [-0.15, -0.1) is 11.3 Å². The van der Waals surface area contributed by atoms with Crippen LogP contribution in [0.5, 0.6) is 0 Å². The predicted octanol–water partition coefficient (Wildman–Crippen LogP) is 1.59. The molecule has 1 aromatic heterocycles. The van der Waals surface area contributed by atoms with Crippen molar-refractivity contribution >= 4 is 23.4 Å². The molecule has 4 nitrogen and oxygen atoms in total. The molecule has 18 heavy (non-hydrogen) atoms. The van der Waals surface area contributed by atoms with Gasteiger partial charge in [0.05, 0.1) is 0 Å². The number of carboxylic acid groups (broad SMARTS) is 1. The normalized spacial score (nSPS) is 18.5. The lowest BCUT2D eigenvalue weighted by Crippen LogP contribution is -2.43. The molecule has 1 aliphatic rings. The van der Waals surface area contributed by atoms with Crippen LogP contribution >= 0.6 is 11.3 Å². The van der Waals surface area contributed by atoms with Crippen molar-refractivity contribution in [2.75, 3.05) is 33.2 Å². The maximum absolute atomic E-state index is 10.5. The Morgan fingerprint density at radius 2 is 2.17 bits per heavy atom. The Morgan fingerprint density at radius 1 is 1.44 bits per heavy atom. The van der Waals surface area contributed by atoms with E-state index in [0.717, 1.165) is 38.3 Å². The highest BCUT2D eigenvalue weighted by atomic mass is 32.1. The van der Waals surface area contributed by atoms with Crippen LogP contribution in [0.1, 0.15) is 10.4 Å². The van der Waals surface area contributed by atoms with Gasteiger partial charge in [0.15, 0.2) is 0 Å². The summed E-state index contributed by atoms with van der Waals surface area (Å²) in [6.07, 6.45) is 2.89. The van der Waals surface area contributed by atoms with Gasteiger partial charge in [0.2, 0.25) is 0 Å². The second-order valence-electron chi connectivity index (χ2n) is 4.55. The van der Waals surface area contributed by atoms with Crippen molar-refractivity contribution in [1.29, 1.82) is 0 Å². The Labute approximate surface area is 111 Å². The lowest BCUT2D eigenvalue weighted by atomic mass is 10.2. The minimum atomic E-state index is -0.897. The summed E-state index contributed by atoms with van der Waals surface area (Å²) in [6.45, 7) is 5.29. The maximum Gasteiger partial charge on any atom is 0.328 e. The highest BCUT2D eigenvalue weighted by molar-refractivity contribution is 7.10. The molecule has 98 valence electrons. The zero-order valence-electron chi connectivity index (χ0n) is 10.5. The van der Waals surface area contributed by atoms with E-state index in [1.807, 2.05) is 11.4 Å². The molecule has 2 heterocycles. The molecular formula is C13H18N2O2S. The molecule has 0 unspecified atom stereocenters. The van der Waals surface area contributed by atoms with E-state index in [1.165, 1.54) is 11.0 Å². The molecule has 0 bridgehead atoms. The standard InChI is InChI=1S/C13H18N2O2S/c1-14-5-7-15(8-6-14)10-12-11(4-9-18-12)2-3-13(16)17/h2-4,9H,5-8,10H2,1H3,(H,16,17)/b3-2+. The van der Waals surface area contributed by atoms with Crippen LogP contribution in [0.25, 0.3) is 6.08 Å². The van der Waals surface area contributed by atoms with Gasteiger partial charge in [-0.2, -0.15) is 0 Å². The van der Waals surface area contributed by atoms with E-state index in [1.54, 1.807) is 17.4 Å². The third-order valence-corrected chi connectivity index (χ3v) is 4.07. The summed E-state index contributed by atoms with van der Waals surface area (Å²) >= 11 is 1.70. The Morgan fingerprint density at radius 3 is 2.83 bits per heavy atom. The average Bonchev–Trinajstić information content (AvgIpc) is 2.77. The van der Waals surface area contributed by atoms with E-state index in [9.17, 15) is 4.79 Å². The zero-order valence-corrected chi connectivity index (χ0v) is 11.3. The zero-order chi connectivity index (χ0) is 13.0. The third kappa shape index (κ3) is 3.66. The number of hydrogen-bond acceptors (Lipinski definition) is 4. The molecule has 1 aromatic rings. The van der Waals surface area contributed by atoms with Gasteiger partial charge in [-0.05, 0) is 30.1 Å². The molecule has 1 aliphatic heterocycles. The van der Waals surface area contributed by atoms with Crippen molar-refractivity contribution in [2.45, 2.75) is 6.54 Å². The van der Waals surface area contributed by atoms with Gasteiger partial charge in [0, 0.05) is 43.7 Å². The summed E-state index contributed by atoms with van der Waals surface area (Å²) in [5.41, 5.74) is 1.03. The van der Waals surface area contributed by atoms with Crippen molar-refractivity contribution in [2.24, 2.45) is 0 Å². The van der Waals surface area contributed by atoms with Gasteiger partial charge in [0.1, 0.15) is 0 Å². The van der Waals surface area contributed by atoms with Gasteiger partial charge >= 0.3 is 5.97 Å². The predicted molar refractivity (Wildman–Crippen MR) is 73.8 cm³/mol. The number of thiophene rings is 1. The molecule has 2 rings (SSSR count). The SMILES string of the molecule is CN1CCN(Cc2sccc2/C=C/C(=O)O)CC1. The van der Waals surface area contributed by atoms with Crippen LogP contribution in [0.3, 0.4) is 0 Å². The fourth-order valence-electron chi connectivity index (χ4n) is 2.00. The minimum absolute atomic E-state index is 0.897. The molecule has 0 aromatic carbocycles. The fraction of sp³-hybridized carbons (Fsp3) is 0.462. The van der Waals surface area contributed by atoms with Crippen LogP contribution in [-0.4, -0.2) is 54.1 Å². The quantitative estimate of drug-likeness (QED) is 0.841. The first-order valence-corrected chi connectivity index (χ1v) is 6.91. The topological polar surface area (TPSA) is 43.8 Å². The molecule has 5 heteroatoms. The van der Waals surface area contributed by atoms with E-state index in [4.69, 9.17) is 5.11 Å². The Balaban J connectivity index is 1.97. The molecule has 1 saturated heterocycles. The molecular weight excluding hydrogens is 248 g/mol. The molecule has 0 radical (unpaired) electrons. The van der Waals surface area contributed by atoms with E-state index in [2.05, 4.69) is 16.8 Å². The van der Waals surface area contributed by atoms with Crippen LogP contribution in [-0.2, 0) is 11.3 Å². The summed E-state index contributed by atoms with van der Waals surface area (Å²) < 4.78 is 0. The number of aliphatic carboxylic acids is 1. The number of rotatable bonds is 4. The fourth-order valence-corrected chi connectivity index (χ4v) is 2.91. The first-order valence-electron chi connectivity index (χ1n) is 6.03. The number of nitrogens with zero attached hydrogens (tertiary/aromatic N) is 2. The molecule has 0 spiro atoms. The van der Waals surface area contributed by atoms with Crippen LogP contribution < -0.4 is 0 Å². The third-order valence-electron chi connectivity index (χ3n) is 3.15. The minimum Gasteiger partial charge on any atom is -0.478 e. The smallest absolute Gasteiger partial charge is 0.328 e. The average molecular weight is 266 g/mol. The van der Waals surface area contributed by atoms with Crippen molar-refractivity contribution in [3.05, 3.63) is 28.0 Å². The van der Waals surface area contributed by atoms with Gasteiger partial charge in [0.25, 0.3) is 0 Å². The highest BCUT2D eigenvalue weighted by Crippen LogP contribution is 2.21. The number of likely N-dealkylation sites (N-methyl/N-ethyl adjacent to an activating group) is 1. The lowest BCUT2D eigenvalue weighted by Gasteiger charge is -2.32. The Kier molecular flexibility index (Phi) is 4.52. The summed E-state index contributed by atoms with van der Waals surface area (Å²) in [5, 5.41) is 10.7. The van der Waals surface area contributed by atoms with Crippen molar-refractivity contribution in [3.63, 3.8) is 0 Å².